The highest BCUT2D eigenvalue weighted by molar-refractivity contribution is 7.09. The van der Waals surface area contributed by atoms with Crippen LogP contribution in [0.1, 0.15) is 47.9 Å². The number of carbonyl (C=O) groups excluding carboxylic acids is 1. The summed E-state index contributed by atoms with van der Waals surface area (Å²) in [6.45, 7) is 5.69. The molecule has 2 aromatic rings. The lowest BCUT2D eigenvalue weighted by Crippen LogP contribution is -2.43. The summed E-state index contributed by atoms with van der Waals surface area (Å²) in [6, 6.07) is 1.75. The second-order valence-corrected chi connectivity index (χ2v) is 6.62. The molecule has 0 saturated carbocycles. The van der Waals surface area contributed by atoms with Crippen molar-refractivity contribution in [3.63, 3.8) is 0 Å². The Kier molecular flexibility index (Phi) is 3.80. The second-order valence-electron chi connectivity index (χ2n) is 5.73. The van der Waals surface area contributed by atoms with Gasteiger partial charge in [0.15, 0.2) is 0 Å². The van der Waals surface area contributed by atoms with Gasteiger partial charge in [-0.2, -0.15) is 0 Å². The molecule has 0 spiro atoms. The minimum atomic E-state index is -0.0524. The van der Waals surface area contributed by atoms with Crippen LogP contribution in [0, 0.1) is 0 Å². The zero-order valence-corrected chi connectivity index (χ0v) is 13.2. The second kappa shape index (κ2) is 5.60. The van der Waals surface area contributed by atoms with Crippen LogP contribution < -0.4 is 0 Å². The number of rotatable bonds is 3. The average molecular weight is 305 g/mol. The van der Waals surface area contributed by atoms with Crippen LogP contribution in [-0.2, 0) is 11.8 Å². The predicted octanol–water partition coefficient (Wildman–Crippen LogP) is 2.89. The summed E-state index contributed by atoms with van der Waals surface area (Å²) in [5.74, 6) is 0.299. The van der Waals surface area contributed by atoms with Gasteiger partial charge < -0.3 is 9.42 Å². The zero-order valence-electron chi connectivity index (χ0n) is 12.3. The van der Waals surface area contributed by atoms with Crippen molar-refractivity contribution in [1.29, 1.82) is 0 Å². The van der Waals surface area contributed by atoms with Crippen molar-refractivity contribution in [2.24, 2.45) is 0 Å². The molecule has 0 aliphatic carbocycles. The van der Waals surface area contributed by atoms with Gasteiger partial charge >= 0.3 is 0 Å². The molecule has 0 aromatic carbocycles. The van der Waals surface area contributed by atoms with Gasteiger partial charge in [-0.25, -0.2) is 4.98 Å². The molecule has 1 amide bonds. The van der Waals surface area contributed by atoms with Crippen LogP contribution >= 0.6 is 11.3 Å². The van der Waals surface area contributed by atoms with Gasteiger partial charge in [-0.05, 0) is 19.3 Å². The van der Waals surface area contributed by atoms with E-state index in [2.05, 4.69) is 17.1 Å². The fraction of sp³-hybridized carbons (Fsp3) is 0.533. The minimum Gasteiger partial charge on any atom is -0.351 e. The Balaban J connectivity index is 1.67. The van der Waals surface area contributed by atoms with E-state index in [1.165, 1.54) is 5.01 Å². The summed E-state index contributed by atoms with van der Waals surface area (Å²) in [5.41, 5.74) is 0.906. The van der Waals surface area contributed by atoms with Crippen molar-refractivity contribution in [3.05, 3.63) is 34.1 Å². The van der Waals surface area contributed by atoms with E-state index in [0.29, 0.717) is 5.76 Å². The Morgan fingerprint density at radius 1 is 1.48 bits per heavy atom. The number of thiazole rings is 1. The molecule has 0 atom stereocenters. The van der Waals surface area contributed by atoms with Crippen molar-refractivity contribution in [2.75, 3.05) is 13.1 Å². The maximum Gasteiger partial charge on any atom is 0.292 e. The molecule has 2 aromatic heterocycles. The number of piperidine rings is 1. The molecule has 3 heterocycles. The summed E-state index contributed by atoms with van der Waals surface area (Å²) < 4.78 is 5.14. The third-order valence-corrected chi connectivity index (χ3v) is 5.31. The number of nitrogens with zero attached hydrogens (tertiary/aromatic N) is 3. The fourth-order valence-electron chi connectivity index (χ4n) is 2.67. The van der Waals surface area contributed by atoms with Gasteiger partial charge in [-0.15, -0.1) is 11.3 Å². The third kappa shape index (κ3) is 2.72. The minimum absolute atomic E-state index is 0.0524. The lowest BCUT2D eigenvalue weighted by molar-refractivity contribution is 0.0634. The standard InChI is InChI=1S/C15H19N3O2S/c1-3-11-10-12(20-17-11)13(19)18-7-4-15(2,5-8-18)14-16-6-9-21-14/h6,9-10H,3-5,7-8H2,1-2H3. The van der Waals surface area contributed by atoms with E-state index in [0.717, 1.165) is 38.0 Å². The van der Waals surface area contributed by atoms with Crippen LogP contribution in [0.5, 0.6) is 0 Å². The summed E-state index contributed by atoms with van der Waals surface area (Å²) >= 11 is 1.70. The lowest BCUT2D eigenvalue weighted by Gasteiger charge is -2.37. The van der Waals surface area contributed by atoms with Gasteiger partial charge in [0.1, 0.15) is 0 Å². The van der Waals surface area contributed by atoms with Gasteiger partial charge in [0.25, 0.3) is 5.91 Å². The molecule has 3 rings (SSSR count). The SMILES string of the molecule is CCc1cc(C(=O)N2CCC(C)(c3nccs3)CC2)on1. The van der Waals surface area contributed by atoms with E-state index < -0.39 is 0 Å². The number of hydrogen-bond donors (Lipinski definition) is 0. The molecule has 1 saturated heterocycles. The Hall–Kier alpha value is -1.69. The molecule has 1 aliphatic rings. The molecule has 112 valence electrons. The van der Waals surface area contributed by atoms with Gasteiger partial charge in [-0.1, -0.05) is 19.0 Å². The topological polar surface area (TPSA) is 59.2 Å². The molecular formula is C15H19N3O2S. The third-order valence-electron chi connectivity index (χ3n) is 4.23. The number of amides is 1. The highest BCUT2D eigenvalue weighted by Crippen LogP contribution is 2.36. The number of hydrogen-bond acceptors (Lipinski definition) is 5. The van der Waals surface area contributed by atoms with Crippen LogP contribution in [0.2, 0.25) is 0 Å². The first-order chi connectivity index (χ1) is 10.1. The highest BCUT2D eigenvalue weighted by atomic mass is 32.1. The monoisotopic (exact) mass is 305 g/mol. The van der Waals surface area contributed by atoms with Gasteiger partial charge in [-0.3, -0.25) is 4.79 Å². The molecule has 0 radical (unpaired) electrons. The van der Waals surface area contributed by atoms with E-state index in [4.69, 9.17) is 4.52 Å². The van der Waals surface area contributed by atoms with Crippen LogP contribution in [0.4, 0.5) is 0 Å². The van der Waals surface area contributed by atoms with E-state index in [9.17, 15) is 4.79 Å². The molecule has 0 bridgehead atoms. The summed E-state index contributed by atoms with van der Waals surface area (Å²) in [5, 5.41) is 7.07. The van der Waals surface area contributed by atoms with E-state index in [1.54, 1.807) is 17.4 Å². The maximum absolute atomic E-state index is 12.4. The van der Waals surface area contributed by atoms with Crippen molar-refractivity contribution in [2.45, 2.75) is 38.5 Å². The Morgan fingerprint density at radius 3 is 2.81 bits per heavy atom. The van der Waals surface area contributed by atoms with Crippen molar-refractivity contribution in [3.8, 4) is 0 Å². The fourth-order valence-corrected chi connectivity index (χ4v) is 3.53. The Bertz CT molecular complexity index is 613. The van der Waals surface area contributed by atoms with E-state index in [-0.39, 0.29) is 11.3 Å². The van der Waals surface area contributed by atoms with Crippen LogP contribution in [0.25, 0.3) is 0 Å². The molecule has 21 heavy (non-hydrogen) atoms. The average Bonchev–Trinajstić information content (AvgIpc) is 3.19. The zero-order chi connectivity index (χ0) is 14.9. The lowest BCUT2D eigenvalue weighted by atomic mass is 9.81. The number of aromatic nitrogens is 2. The van der Waals surface area contributed by atoms with Gasteiger partial charge in [0.2, 0.25) is 5.76 Å². The summed E-state index contributed by atoms with van der Waals surface area (Å²) in [6.07, 6.45) is 4.49. The molecular weight excluding hydrogens is 286 g/mol. The molecule has 6 heteroatoms. The summed E-state index contributed by atoms with van der Waals surface area (Å²) in [4.78, 5) is 18.7. The number of carbonyl (C=O) groups is 1. The predicted molar refractivity (Wildman–Crippen MR) is 80.5 cm³/mol. The Labute approximate surface area is 128 Å². The number of likely N-dealkylation sites (tertiary alicyclic amines) is 1. The van der Waals surface area contributed by atoms with Crippen LogP contribution in [-0.4, -0.2) is 34.0 Å². The molecule has 5 nitrogen and oxygen atoms in total. The summed E-state index contributed by atoms with van der Waals surface area (Å²) in [7, 11) is 0. The first kappa shape index (κ1) is 14.3. The quantitative estimate of drug-likeness (QED) is 0.875. The molecule has 1 fully saturated rings. The van der Waals surface area contributed by atoms with Crippen molar-refractivity contribution in [1.82, 2.24) is 15.0 Å². The molecule has 0 unspecified atom stereocenters. The normalized spacial score (nSPS) is 17.9. The van der Waals surface area contributed by atoms with Gasteiger partial charge in [0, 0.05) is 36.1 Å². The maximum atomic E-state index is 12.4. The van der Waals surface area contributed by atoms with E-state index >= 15 is 0 Å². The highest BCUT2D eigenvalue weighted by Gasteiger charge is 2.36. The van der Waals surface area contributed by atoms with Crippen LogP contribution in [0.3, 0.4) is 0 Å². The Morgan fingerprint density at radius 2 is 2.24 bits per heavy atom. The smallest absolute Gasteiger partial charge is 0.292 e. The van der Waals surface area contributed by atoms with Crippen molar-refractivity contribution < 1.29 is 9.32 Å². The first-order valence-electron chi connectivity index (χ1n) is 7.27. The first-order valence-corrected chi connectivity index (χ1v) is 8.15. The van der Waals surface area contributed by atoms with E-state index in [1.807, 2.05) is 23.4 Å². The van der Waals surface area contributed by atoms with Crippen molar-refractivity contribution >= 4 is 17.2 Å². The van der Waals surface area contributed by atoms with Gasteiger partial charge in [0.05, 0.1) is 10.7 Å². The largest absolute Gasteiger partial charge is 0.351 e. The molecule has 0 N–H and O–H groups in total. The molecule has 1 aliphatic heterocycles. The number of aryl methyl sites for hydroxylation is 1. The van der Waals surface area contributed by atoms with Crippen LogP contribution in [0.15, 0.2) is 22.2 Å².